The number of carbonyl (C=O) groups is 1. The van der Waals surface area contributed by atoms with Crippen molar-refractivity contribution in [3.8, 4) is 17.2 Å². The molecule has 0 aliphatic carbocycles. The maximum Gasteiger partial charge on any atom is 0.258 e. The first-order valence-electron chi connectivity index (χ1n) is 9.17. The average Bonchev–Trinajstić information content (AvgIpc) is 3.46. The highest BCUT2D eigenvalue weighted by Crippen LogP contribution is 2.33. The molecule has 2 aromatic carbocycles. The van der Waals surface area contributed by atoms with Crippen molar-refractivity contribution in [1.82, 2.24) is 15.1 Å². The van der Waals surface area contributed by atoms with Crippen molar-refractivity contribution in [3.05, 3.63) is 60.3 Å². The largest absolute Gasteiger partial charge is 0.494 e. The summed E-state index contributed by atoms with van der Waals surface area (Å²) in [5.74, 6) is 0.161. The molecule has 1 atom stereocenters. The molecule has 146 valence electrons. The molecule has 1 unspecified atom stereocenters. The quantitative estimate of drug-likeness (QED) is 0.570. The van der Waals surface area contributed by atoms with Gasteiger partial charge in [-0.3, -0.25) is 4.79 Å². The Morgan fingerprint density at radius 2 is 2.14 bits per heavy atom. The van der Waals surface area contributed by atoms with E-state index in [0.717, 1.165) is 16.5 Å². The molecule has 29 heavy (non-hydrogen) atoms. The molecular formula is C21H17FN4O3. The molecule has 1 fully saturated rings. The lowest BCUT2D eigenvalue weighted by Gasteiger charge is -2.16. The third-order valence-electron chi connectivity index (χ3n) is 5.18. The summed E-state index contributed by atoms with van der Waals surface area (Å²) in [6.45, 7) is 0.360. The van der Waals surface area contributed by atoms with Crippen LogP contribution < -0.4 is 9.64 Å². The maximum atomic E-state index is 14.0. The van der Waals surface area contributed by atoms with Crippen LogP contribution in [0.1, 0.15) is 18.2 Å². The zero-order valence-electron chi connectivity index (χ0n) is 15.6. The highest BCUT2D eigenvalue weighted by Gasteiger charge is 2.35. The van der Waals surface area contributed by atoms with Crippen LogP contribution in [0.25, 0.3) is 22.4 Å². The number of fused-ring (bicyclic) bond motifs is 1. The fourth-order valence-corrected chi connectivity index (χ4v) is 3.65. The van der Waals surface area contributed by atoms with E-state index in [9.17, 15) is 9.18 Å². The molecule has 7 nitrogen and oxygen atoms in total. The van der Waals surface area contributed by atoms with Crippen LogP contribution in [-0.4, -0.2) is 34.7 Å². The van der Waals surface area contributed by atoms with E-state index < -0.39 is 5.82 Å². The summed E-state index contributed by atoms with van der Waals surface area (Å²) in [4.78, 5) is 21.7. The lowest BCUT2D eigenvalue weighted by Crippen LogP contribution is -2.24. The van der Waals surface area contributed by atoms with E-state index in [0.29, 0.717) is 23.9 Å². The minimum Gasteiger partial charge on any atom is -0.494 e. The van der Waals surface area contributed by atoms with Gasteiger partial charge in [-0.05, 0) is 35.7 Å². The molecular weight excluding hydrogens is 375 g/mol. The van der Waals surface area contributed by atoms with Crippen LogP contribution >= 0.6 is 0 Å². The summed E-state index contributed by atoms with van der Waals surface area (Å²) >= 11 is 0. The number of carbonyl (C=O) groups excluding carboxylic acids is 1. The van der Waals surface area contributed by atoms with Gasteiger partial charge >= 0.3 is 0 Å². The fourth-order valence-electron chi connectivity index (χ4n) is 3.65. The van der Waals surface area contributed by atoms with Gasteiger partial charge in [-0.2, -0.15) is 4.98 Å². The lowest BCUT2D eigenvalue weighted by molar-refractivity contribution is -0.117. The van der Waals surface area contributed by atoms with Crippen LogP contribution in [0.15, 0.2) is 53.2 Å². The van der Waals surface area contributed by atoms with Crippen molar-refractivity contribution in [2.24, 2.45) is 0 Å². The number of halogens is 1. The first-order chi connectivity index (χ1) is 14.1. The third-order valence-corrected chi connectivity index (χ3v) is 5.18. The number of nitrogens with zero attached hydrogens (tertiary/aromatic N) is 3. The lowest BCUT2D eigenvalue weighted by atomic mass is 10.1. The summed E-state index contributed by atoms with van der Waals surface area (Å²) in [5, 5.41) is 5.18. The van der Waals surface area contributed by atoms with Gasteiger partial charge < -0.3 is 19.1 Å². The van der Waals surface area contributed by atoms with Crippen LogP contribution in [0.2, 0.25) is 0 Å². The number of ether oxygens (including phenoxy) is 1. The van der Waals surface area contributed by atoms with Crippen molar-refractivity contribution in [1.29, 1.82) is 0 Å². The molecule has 1 amide bonds. The number of benzene rings is 2. The number of nitrogens with one attached hydrogen (secondary N) is 1. The molecule has 2 aromatic heterocycles. The molecule has 0 spiro atoms. The smallest absolute Gasteiger partial charge is 0.258 e. The predicted molar refractivity (Wildman–Crippen MR) is 104 cm³/mol. The molecule has 4 aromatic rings. The number of amides is 1. The Morgan fingerprint density at radius 3 is 2.97 bits per heavy atom. The Morgan fingerprint density at radius 1 is 1.24 bits per heavy atom. The van der Waals surface area contributed by atoms with Crippen molar-refractivity contribution >= 4 is 22.5 Å². The SMILES string of the molecule is COc1ccc(N2CC(c3noc(-c4ccc5cc[nH]c5c4)n3)CC2=O)cc1F. The Kier molecular flexibility index (Phi) is 4.04. The van der Waals surface area contributed by atoms with Gasteiger partial charge in [-0.1, -0.05) is 11.2 Å². The summed E-state index contributed by atoms with van der Waals surface area (Å²) in [7, 11) is 1.40. The van der Waals surface area contributed by atoms with Crippen LogP contribution in [0, 0.1) is 5.82 Å². The fraction of sp³-hybridized carbons (Fsp3) is 0.190. The highest BCUT2D eigenvalue weighted by molar-refractivity contribution is 5.96. The topological polar surface area (TPSA) is 84.2 Å². The Balaban J connectivity index is 1.38. The first-order valence-corrected chi connectivity index (χ1v) is 9.17. The second-order valence-electron chi connectivity index (χ2n) is 6.96. The highest BCUT2D eigenvalue weighted by atomic mass is 19.1. The number of rotatable bonds is 4. The second kappa shape index (κ2) is 6.73. The summed E-state index contributed by atoms with van der Waals surface area (Å²) in [6.07, 6.45) is 2.11. The molecule has 0 saturated carbocycles. The van der Waals surface area contributed by atoms with E-state index in [1.165, 1.54) is 24.1 Å². The number of aromatic nitrogens is 3. The normalized spacial score (nSPS) is 16.7. The summed E-state index contributed by atoms with van der Waals surface area (Å²) < 4.78 is 24.4. The molecule has 8 heteroatoms. The second-order valence-corrected chi connectivity index (χ2v) is 6.96. The number of hydrogen-bond acceptors (Lipinski definition) is 5. The van der Waals surface area contributed by atoms with E-state index in [4.69, 9.17) is 9.26 Å². The van der Waals surface area contributed by atoms with Gasteiger partial charge in [-0.25, -0.2) is 4.39 Å². The zero-order valence-corrected chi connectivity index (χ0v) is 15.6. The minimum absolute atomic E-state index is 0.112. The van der Waals surface area contributed by atoms with E-state index in [1.807, 2.05) is 30.5 Å². The van der Waals surface area contributed by atoms with Crippen LogP contribution in [0.3, 0.4) is 0 Å². The molecule has 1 saturated heterocycles. The van der Waals surface area contributed by atoms with Gasteiger partial charge in [0.05, 0.1) is 7.11 Å². The summed E-state index contributed by atoms with van der Waals surface area (Å²) in [5.41, 5.74) is 2.26. The monoisotopic (exact) mass is 392 g/mol. The molecule has 1 N–H and O–H groups in total. The number of H-pyrrole nitrogens is 1. The third kappa shape index (κ3) is 3.02. The standard InChI is InChI=1S/C21H17FN4O3/c1-28-18-5-4-15(10-16(18)22)26-11-14(9-19(26)27)20-24-21(29-25-20)13-3-2-12-6-7-23-17(12)8-13/h2-8,10,14,23H,9,11H2,1H3. The number of aromatic amines is 1. The Labute approximate surface area is 165 Å². The van der Waals surface area contributed by atoms with Crippen molar-refractivity contribution in [2.75, 3.05) is 18.6 Å². The van der Waals surface area contributed by atoms with Crippen LogP contribution in [0.5, 0.6) is 5.75 Å². The predicted octanol–water partition coefficient (Wildman–Crippen LogP) is 3.89. The van der Waals surface area contributed by atoms with E-state index >= 15 is 0 Å². The Hall–Kier alpha value is -3.68. The van der Waals surface area contributed by atoms with Crippen LogP contribution in [0.4, 0.5) is 10.1 Å². The number of anilines is 1. The molecule has 0 bridgehead atoms. The molecule has 1 aliphatic heterocycles. The summed E-state index contributed by atoms with van der Waals surface area (Å²) in [6, 6.07) is 12.3. The molecule has 3 heterocycles. The van der Waals surface area contributed by atoms with Crippen molar-refractivity contribution < 1.29 is 18.4 Å². The molecule has 5 rings (SSSR count). The first kappa shape index (κ1) is 17.4. The van der Waals surface area contributed by atoms with Gasteiger partial charge in [-0.15, -0.1) is 0 Å². The molecule has 1 aliphatic rings. The van der Waals surface area contributed by atoms with E-state index in [2.05, 4.69) is 15.1 Å². The van der Waals surface area contributed by atoms with E-state index in [1.54, 1.807) is 6.07 Å². The number of methoxy groups -OCH3 is 1. The van der Waals surface area contributed by atoms with Gasteiger partial charge in [0.15, 0.2) is 17.4 Å². The van der Waals surface area contributed by atoms with Crippen LogP contribution in [-0.2, 0) is 4.79 Å². The average molecular weight is 392 g/mol. The minimum atomic E-state index is -0.511. The molecule has 0 radical (unpaired) electrons. The number of hydrogen-bond donors (Lipinski definition) is 1. The van der Waals surface area contributed by atoms with Crippen molar-refractivity contribution in [2.45, 2.75) is 12.3 Å². The van der Waals surface area contributed by atoms with E-state index in [-0.39, 0.29) is 24.0 Å². The van der Waals surface area contributed by atoms with Gasteiger partial charge in [0.2, 0.25) is 5.91 Å². The van der Waals surface area contributed by atoms with Gasteiger partial charge in [0.1, 0.15) is 0 Å². The van der Waals surface area contributed by atoms with Gasteiger partial charge in [0, 0.05) is 47.9 Å². The van der Waals surface area contributed by atoms with Gasteiger partial charge in [0.25, 0.3) is 5.89 Å². The Bertz CT molecular complexity index is 1220. The van der Waals surface area contributed by atoms with Crippen molar-refractivity contribution in [3.63, 3.8) is 0 Å². The maximum absolute atomic E-state index is 14.0. The zero-order chi connectivity index (χ0) is 20.0.